The van der Waals surface area contributed by atoms with Gasteiger partial charge in [0.2, 0.25) is 0 Å². The summed E-state index contributed by atoms with van der Waals surface area (Å²) in [6.45, 7) is 1.45. The average Bonchev–Trinajstić information content (AvgIpc) is 2.18. The van der Waals surface area contributed by atoms with Gasteiger partial charge in [-0.3, -0.25) is 4.79 Å². The summed E-state index contributed by atoms with van der Waals surface area (Å²) in [5.74, 6) is -0.167. The van der Waals surface area contributed by atoms with Crippen LogP contribution in [0.3, 0.4) is 0 Å². The zero-order valence-electron chi connectivity index (χ0n) is 8.22. The lowest BCUT2D eigenvalue weighted by molar-refractivity contribution is -0.116. The molecule has 0 saturated heterocycles. The third-order valence-corrected chi connectivity index (χ3v) is 2.50. The number of hydrogen-bond acceptors (Lipinski definition) is 2. The molecule has 0 bridgehead atoms. The Balaban J connectivity index is 2.81. The Morgan fingerprint density at radius 1 is 1.20 bits per heavy atom. The molecule has 2 nitrogen and oxygen atoms in total. The summed E-state index contributed by atoms with van der Waals surface area (Å²) in [4.78, 5) is 22.3. The molecule has 0 aliphatic rings. The van der Waals surface area contributed by atoms with Crippen LogP contribution >= 0.6 is 23.2 Å². The van der Waals surface area contributed by atoms with Gasteiger partial charge in [-0.05, 0) is 25.1 Å². The highest BCUT2D eigenvalue weighted by molar-refractivity contribution is 6.35. The first kappa shape index (κ1) is 12.2. The van der Waals surface area contributed by atoms with Gasteiger partial charge in [-0.15, -0.1) is 0 Å². The Labute approximate surface area is 98.2 Å². The van der Waals surface area contributed by atoms with E-state index in [0.717, 1.165) is 0 Å². The van der Waals surface area contributed by atoms with E-state index in [4.69, 9.17) is 23.2 Å². The minimum atomic E-state index is -0.155. The zero-order chi connectivity index (χ0) is 11.4. The van der Waals surface area contributed by atoms with E-state index in [1.807, 2.05) is 0 Å². The summed E-state index contributed by atoms with van der Waals surface area (Å²) in [6, 6.07) is 4.71. The second-order valence-corrected chi connectivity index (χ2v) is 4.09. The van der Waals surface area contributed by atoms with Crippen LogP contribution in [0, 0.1) is 0 Å². The van der Waals surface area contributed by atoms with E-state index in [1.165, 1.54) is 13.0 Å². The van der Waals surface area contributed by atoms with Crippen molar-refractivity contribution in [3.8, 4) is 0 Å². The fraction of sp³-hybridized carbons (Fsp3) is 0.273. The van der Waals surface area contributed by atoms with E-state index in [0.29, 0.717) is 15.6 Å². The normalized spacial score (nSPS) is 10.1. The van der Waals surface area contributed by atoms with Crippen LogP contribution < -0.4 is 0 Å². The first-order valence-corrected chi connectivity index (χ1v) is 5.24. The van der Waals surface area contributed by atoms with E-state index in [-0.39, 0.29) is 24.4 Å². The standard InChI is InChI=1S/C11H10Cl2O2/c1-7(14)2-5-11(15)9-6-8(12)3-4-10(9)13/h3-4,6H,2,5H2,1H3. The number of halogens is 2. The Bertz CT molecular complexity index is 400. The van der Waals surface area contributed by atoms with Gasteiger partial charge in [0.1, 0.15) is 5.78 Å². The highest BCUT2D eigenvalue weighted by atomic mass is 35.5. The molecule has 0 radical (unpaired) electrons. The molecule has 0 aliphatic carbocycles. The third kappa shape index (κ3) is 3.65. The number of carbonyl (C=O) groups excluding carboxylic acids is 2. The van der Waals surface area contributed by atoms with Gasteiger partial charge in [-0.2, -0.15) is 0 Å². The molecule has 0 atom stereocenters. The van der Waals surface area contributed by atoms with E-state index >= 15 is 0 Å². The molecule has 1 aromatic rings. The molecule has 0 aromatic heterocycles. The third-order valence-electron chi connectivity index (χ3n) is 1.93. The first-order chi connectivity index (χ1) is 7.00. The summed E-state index contributed by atoms with van der Waals surface area (Å²) < 4.78 is 0. The van der Waals surface area contributed by atoms with Crippen molar-refractivity contribution in [2.75, 3.05) is 0 Å². The monoisotopic (exact) mass is 244 g/mol. The lowest BCUT2D eigenvalue weighted by atomic mass is 10.1. The van der Waals surface area contributed by atoms with Crippen LogP contribution in [-0.4, -0.2) is 11.6 Å². The highest BCUT2D eigenvalue weighted by Gasteiger charge is 2.11. The predicted molar refractivity (Wildman–Crippen MR) is 60.7 cm³/mol. The maximum Gasteiger partial charge on any atom is 0.164 e. The molecule has 0 spiro atoms. The van der Waals surface area contributed by atoms with Crippen LogP contribution in [0.15, 0.2) is 18.2 Å². The lowest BCUT2D eigenvalue weighted by Crippen LogP contribution is -2.02. The van der Waals surface area contributed by atoms with Crippen molar-refractivity contribution in [1.29, 1.82) is 0 Å². The number of ketones is 2. The Morgan fingerprint density at radius 2 is 1.87 bits per heavy atom. The molecule has 1 rings (SSSR count). The molecule has 15 heavy (non-hydrogen) atoms. The van der Waals surface area contributed by atoms with Gasteiger partial charge in [0.15, 0.2) is 5.78 Å². The van der Waals surface area contributed by atoms with Crippen molar-refractivity contribution in [2.45, 2.75) is 19.8 Å². The summed E-state index contributed by atoms with van der Waals surface area (Å²) >= 11 is 11.6. The fourth-order valence-electron chi connectivity index (χ4n) is 1.14. The molecule has 0 amide bonds. The fourth-order valence-corrected chi connectivity index (χ4v) is 1.53. The molecular formula is C11H10Cl2O2. The van der Waals surface area contributed by atoms with Gasteiger partial charge in [0.05, 0.1) is 5.02 Å². The van der Waals surface area contributed by atoms with Crippen molar-refractivity contribution >= 4 is 34.8 Å². The number of Topliss-reactive ketones (excluding diaryl/α,β-unsaturated/α-hetero) is 2. The summed E-state index contributed by atoms with van der Waals surface area (Å²) in [5, 5.41) is 0.832. The van der Waals surface area contributed by atoms with Crippen molar-refractivity contribution in [3.63, 3.8) is 0 Å². The predicted octanol–water partition coefficient (Wildman–Crippen LogP) is 3.55. The Morgan fingerprint density at radius 3 is 2.47 bits per heavy atom. The van der Waals surface area contributed by atoms with E-state index < -0.39 is 0 Å². The Hall–Kier alpha value is -0.860. The molecular weight excluding hydrogens is 235 g/mol. The number of hydrogen-bond donors (Lipinski definition) is 0. The van der Waals surface area contributed by atoms with E-state index in [9.17, 15) is 9.59 Å². The van der Waals surface area contributed by atoms with Crippen LogP contribution in [0.2, 0.25) is 10.0 Å². The first-order valence-electron chi connectivity index (χ1n) is 4.48. The molecule has 0 fully saturated rings. The van der Waals surface area contributed by atoms with Gasteiger partial charge < -0.3 is 4.79 Å². The SMILES string of the molecule is CC(=O)CCC(=O)c1cc(Cl)ccc1Cl. The van der Waals surface area contributed by atoms with Crippen molar-refractivity contribution in [1.82, 2.24) is 0 Å². The number of carbonyl (C=O) groups is 2. The van der Waals surface area contributed by atoms with Crippen molar-refractivity contribution in [2.24, 2.45) is 0 Å². The molecule has 1 aromatic carbocycles. The largest absolute Gasteiger partial charge is 0.300 e. The minimum absolute atomic E-state index is 0.0125. The minimum Gasteiger partial charge on any atom is -0.300 e. The molecule has 0 aliphatic heterocycles. The van der Waals surface area contributed by atoms with Gasteiger partial charge >= 0.3 is 0 Å². The van der Waals surface area contributed by atoms with E-state index in [2.05, 4.69) is 0 Å². The van der Waals surface area contributed by atoms with Gasteiger partial charge in [0.25, 0.3) is 0 Å². The maximum atomic E-state index is 11.6. The summed E-state index contributed by atoms with van der Waals surface area (Å²) in [7, 11) is 0. The van der Waals surface area contributed by atoms with Crippen LogP contribution in [0.1, 0.15) is 30.1 Å². The molecule has 0 N–H and O–H groups in total. The number of rotatable bonds is 4. The summed E-state index contributed by atoms with van der Waals surface area (Å²) in [5.41, 5.74) is 0.380. The van der Waals surface area contributed by atoms with Crippen LogP contribution in [-0.2, 0) is 4.79 Å². The second-order valence-electron chi connectivity index (χ2n) is 3.25. The quantitative estimate of drug-likeness (QED) is 0.760. The van der Waals surface area contributed by atoms with Gasteiger partial charge in [-0.25, -0.2) is 0 Å². The second kappa shape index (κ2) is 5.29. The van der Waals surface area contributed by atoms with E-state index in [1.54, 1.807) is 12.1 Å². The van der Waals surface area contributed by atoms with Crippen molar-refractivity contribution in [3.05, 3.63) is 33.8 Å². The van der Waals surface area contributed by atoms with Crippen molar-refractivity contribution < 1.29 is 9.59 Å². The molecule has 80 valence electrons. The topological polar surface area (TPSA) is 34.1 Å². The Kier molecular flexibility index (Phi) is 4.30. The smallest absolute Gasteiger partial charge is 0.164 e. The van der Waals surface area contributed by atoms with Crippen LogP contribution in [0.5, 0.6) is 0 Å². The number of benzene rings is 1. The molecule has 0 heterocycles. The van der Waals surface area contributed by atoms with Gasteiger partial charge in [-0.1, -0.05) is 23.2 Å². The molecule has 0 saturated carbocycles. The van der Waals surface area contributed by atoms with Crippen LogP contribution in [0.4, 0.5) is 0 Å². The van der Waals surface area contributed by atoms with Crippen LogP contribution in [0.25, 0.3) is 0 Å². The molecule has 4 heteroatoms. The summed E-state index contributed by atoms with van der Waals surface area (Å²) in [6.07, 6.45) is 0.414. The highest BCUT2D eigenvalue weighted by Crippen LogP contribution is 2.22. The maximum absolute atomic E-state index is 11.6. The van der Waals surface area contributed by atoms with Gasteiger partial charge in [0, 0.05) is 23.4 Å². The zero-order valence-corrected chi connectivity index (χ0v) is 9.73. The lowest BCUT2D eigenvalue weighted by Gasteiger charge is -2.02. The average molecular weight is 245 g/mol. The molecule has 0 unspecified atom stereocenters.